The number of sulfonamides is 1. The van der Waals surface area contributed by atoms with Crippen molar-refractivity contribution in [3.05, 3.63) is 42.5 Å². The fourth-order valence-electron chi connectivity index (χ4n) is 3.07. The maximum atomic E-state index is 12.5. The number of hydrogen-bond donors (Lipinski definition) is 1. The van der Waals surface area contributed by atoms with Gasteiger partial charge in [0.1, 0.15) is 0 Å². The Kier molecular flexibility index (Phi) is 4.37. The van der Waals surface area contributed by atoms with Crippen LogP contribution in [0.15, 0.2) is 47.4 Å². The van der Waals surface area contributed by atoms with Gasteiger partial charge in [-0.05, 0) is 54.5 Å². The predicted molar refractivity (Wildman–Crippen MR) is 85.0 cm³/mol. The van der Waals surface area contributed by atoms with Crippen molar-refractivity contribution in [2.75, 3.05) is 0 Å². The van der Waals surface area contributed by atoms with E-state index in [9.17, 15) is 18.3 Å². The van der Waals surface area contributed by atoms with Crippen LogP contribution in [0.5, 0.6) is 0 Å². The summed E-state index contributed by atoms with van der Waals surface area (Å²) in [6.07, 6.45) is 1.94. The lowest BCUT2D eigenvalue weighted by atomic mass is 9.87. The van der Waals surface area contributed by atoms with Crippen LogP contribution in [0.4, 0.5) is 0 Å². The molecule has 0 radical (unpaired) electrons. The van der Waals surface area contributed by atoms with Gasteiger partial charge in [0, 0.05) is 12.0 Å². The minimum absolute atomic E-state index is 0.220. The highest BCUT2D eigenvalue weighted by atomic mass is 32.2. The minimum atomic E-state index is -3.60. The highest BCUT2D eigenvalue weighted by molar-refractivity contribution is 7.89. The number of hydrogen-bond acceptors (Lipinski definition) is 4. The number of benzene rings is 2. The number of nitrogens with one attached hydrogen (secondary N) is 1. The summed E-state index contributed by atoms with van der Waals surface area (Å²) in [6.45, 7) is 0. The molecule has 2 aromatic carbocycles. The van der Waals surface area contributed by atoms with Crippen LogP contribution in [0.1, 0.15) is 25.7 Å². The summed E-state index contributed by atoms with van der Waals surface area (Å²) in [6, 6.07) is 12.4. The Morgan fingerprint density at radius 3 is 2.30 bits per heavy atom. The smallest absolute Gasteiger partial charge is 0.240 e. The van der Waals surface area contributed by atoms with Crippen molar-refractivity contribution in [2.45, 2.75) is 36.6 Å². The van der Waals surface area contributed by atoms with Crippen LogP contribution in [-0.2, 0) is 14.8 Å². The topological polar surface area (TPSA) is 86.3 Å². The molecule has 1 N–H and O–H groups in total. The molecule has 0 aliphatic heterocycles. The molecule has 1 aliphatic carbocycles. The SMILES string of the molecule is O=C([O-])C1CCC(NS(=O)(=O)c2ccc3ccccc3c2)CC1. The summed E-state index contributed by atoms with van der Waals surface area (Å²) in [7, 11) is -3.60. The molecule has 0 aromatic heterocycles. The molecule has 23 heavy (non-hydrogen) atoms. The maximum Gasteiger partial charge on any atom is 0.240 e. The van der Waals surface area contributed by atoms with E-state index in [0.29, 0.717) is 25.7 Å². The van der Waals surface area contributed by atoms with Gasteiger partial charge in [-0.15, -0.1) is 0 Å². The van der Waals surface area contributed by atoms with Gasteiger partial charge < -0.3 is 9.90 Å². The number of carboxylic acid groups (broad SMARTS) is 1. The number of carbonyl (C=O) groups excluding carboxylic acids is 1. The molecule has 1 fully saturated rings. The molecule has 0 heterocycles. The van der Waals surface area contributed by atoms with E-state index in [2.05, 4.69) is 4.72 Å². The Hall–Kier alpha value is -1.92. The Labute approximate surface area is 135 Å². The van der Waals surface area contributed by atoms with Crippen LogP contribution >= 0.6 is 0 Å². The zero-order chi connectivity index (χ0) is 16.4. The lowest BCUT2D eigenvalue weighted by Gasteiger charge is -2.29. The molecule has 2 aromatic rings. The molecular formula is C17H18NO4S-. The van der Waals surface area contributed by atoms with E-state index in [1.54, 1.807) is 18.2 Å². The van der Waals surface area contributed by atoms with Gasteiger partial charge in [0.05, 0.1) is 4.90 Å². The number of carbonyl (C=O) groups is 1. The van der Waals surface area contributed by atoms with Gasteiger partial charge in [-0.3, -0.25) is 0 Å². The monoisotopic (exact) mass is 332 g/mol. The molecule has 1 aliphatic rings. The molecular weight excluding hydrogens is 314 g/mol. The Morgan fingerprint density at radius 2 is 1.65 bits per heavy atom. The highest BCUT2D eigenvalue weighted by Gasteiger charge is 2.26. The highest BCUT2D eigenvalue weighted by Crippen LogP contribution is 2.26. The Bertz CT molecular complexity index is 823. The van der Waals surface area contributed by atoms with Crippen LogP contribution in [0.25, 0.3) is 10.8 Å². The number of aliphatic carboxylic acids is 1. The summed E-state index contributed by atoms with van der Waals surface area (Å²) in [5.74, 6) is -1.50. The van der Waals surface area contributed by atoms with Crippen LogP contribution < -0.4 is 9.83 Å². The van der Waals surface area contributed by atoms with Crippen LogP contribution in [0, 0.1) is 5.92 Å². The molecule has 0 spiro atoms. The van der Waals surface area contributed by atoms with E-state index >= 15 is 0 Å². The molecule has 0 unspecified atom stereocenters. The summed E-state index contributed by atoms with van der Waals surface area (Å²) < 4.78 is 27.7. The van der Waals surface area contributed by atoms with Gasteiger partial charge in [0.15, 0.2) is 0 Å². The summed E-state index contributed by atoms with van der Waals surface area (Å²) >= 11 is 0. The van der Waals surface area contributed by atoms with E-state index in [-0.39, 0.29) is 10.9 Å². The van der Waals surface area contributed by atoms with Crippen LogP contribution in [-0.4, -0.2) is 20.4 Å². The van der Waals surface area contributed by atoms with Crippen LogP contribution in [0.2, 0.25) is 0 Å². The van der Waals surface area contributed by atoms with E-state index < -0.39 is 21.9 Å². The van der Waals surface area contributed by atoms with E-state index in [0.717, 1.165) is 10.8 Å². The van der Waals surface area contributed by atoms with E-state index in [1.165, 1.54) is 0 Å². The van der Waals surface area contributed by atoms with Crippen molar-refractivity contribution < 1.29 is 18.3 Å². The second-order valence-electron chi connectivity index (χ2n) is 6.00. The summed E-state index contributed by atoms with van der Waals surface area (Å²) in [5.41, 5.74) is 0. The average molecular weight is 332 g/mol. The number of fused-ring (bicyclic) bond motifs is 1. The van der Waals surface area contributed by atoms with Crippen molar-refractivity contribution >= 4 is 26.8 Å². The van der Waals surface area contributed by atoms with Gasteiger partial charge in [-0.1, -0.05) is 30.3 Å². The molecule has 6 heteroatoms. The third kappa shape index (κ3) is 3.54. The van der Waals surface area contributed by atoms with Gasteiger partial charge in [0.2, 0.25) is 10.0 Å². The van der Waals surface area contributed by atoms with Crippen LogP contribution in [0.3, 0.4) is 0 Å². The van der Waals surface area contributed by atoms with Crippen molar-refractivity contribution in [1.82, 2.24) is 4.72 Å². The first-order valence-electron chi connectivity index (χ1n) is 7.68. The normalized spacial score (nSPS) is 22.1. The van der Waals surface area contributed by atoms with E-state index in [4.69, 9.17) is 0 Å². The van der Waals surface area contributed by atoms with Crippen molar-refractivity contribution in [3.8, 4) is 0 Å². The molecule has 1 saturated carbocycles. The first-order chi connectivity index (χ1) is 11.0. The largest absolute Gasteiger partial charge is 0.550 e. The molecule has 122 valence electrons. The second kappa shape index (κ2) is 6.29. The fraction of sp³-hybridized carbons (Fsp3) is 0.353. The van der Waals surface area contributed by atoms with Crippen molar-refractivity contribution in [1.29, 1.82) is 0 Å². The first-order valence-corrected chi connectivity index (χ1v) is 9.16. The van der Waals surface area contributed by atoms with Gasteiger partial charge in [-0.25, -0.2) is 13.1 Å². The van der Waals surface area contributed by atoms with Gasteiger partial charge in [0.25, 0.3) is 0 Å². The molecule has 0 amide bonds. The van der Waals surface area contributed by atoms with Crippen molar-refractivity contribution in [2.24, 2.45) is 5.92 Å². The fourth-order valence-corrected chi connectivity index (χ4v) is 4.41. The minimum Gasteiger partial charge on any atom is -0.550 e. The predicted octanol–water partition coefficient (Wildman–Crippen LogP) is 1.43. The lowest BCUT2D eigenvalue weighted by Crippen LogP contribution is -2.41. The third-order valence-electron chi connectivity index (χ3n) is 4.41. The maximum absolute atomic E-state index is 12.5. The van der Waals surface area contributed by atoms with E-state index in [1.807, 2.05) is 24.3 Å². The van der Waals surface area contributed by atoms with Crippen molar-refractivity contribution in [3.63, 3.8) is 0 Å². The third-order valence-corrected chi connectivity index (χ3v) is 5.93. The molecule has 0 bridgehead atoms. The molecule has 0 atom stereocenters. The standard InChI is InChI=1S/C17H19NO4S/c19-17(20)13-5-8-15(9-6-13)18-23(21,22)16-10-7-12-3-1-2-4-14(12)11-16/h1-4,7,10-11,13,15,18H,5-6,8-9H2,(H,19,20)/p-1. The molecule has 0 saturated heterocycles. The quantitative estimate of drug-likeness (QED) is 0.917. The molecule has 5 nitrogen and oxygen atoms in total. The van der Waals surface area contributed by atoms with Gasteiger partial charge >= 0.3 is 0 Å². The Morgan fingerprint density at radius 1 is 1.00 bits per heavy atom. The zero-order valence-corrected chi connectivity index (χ0v) is 13.4. The number of rotatable bonds is 4. The lowest BCUT2D eigenvalue weighted by molar-refractivity contribution is -0.312. The summed E-state index contributed by atoms with van der Waals surface area (Å²) in [4.78, 5) is 11.1. The molecule has 3 rings (SSSR count). The number of carboxylic acids is 1. The first kappa shape index (κ1) is 16.0. The second-order valence-corrected chi connectivity index (χ2v) is 7.71. The average Bonchev–Trinajstić information content (AvgIpc) is 2.54. The Balaban J connectivity index is 1.74. The zero-order valence-electron chi connectivity index (χ0n) is 12.6. The summed E-state index contributed by atoms with van der Waals surface area (Å²) in [5, 5.41) is 12.7. The van der Waals surface area contributed by atoms with Gasteiger partial charge in [-0.2, -0.15) is 0 Å².